The second kappa shape index (κ2) is 5.62. The molecule has 0 bridgehead atoms. The van der Waals surface area contributed by atoms with Crippen molar-refractivity contribution in [3.63, 3.8) is 0 Å². The van der Waals surface area contributed by atoms with Gasteiger partial charge in [0.05, 0.1) is 17.1 Å². The predicted octanol–water partition coefficient (Wildman–Crippen LogP) is 2.73. The highest BCUT2D eigenvalue weighted by Gasteiger charge is 2.32. The molecule has 0 spiro atoms. The molecular weight excluding hydrogens is 318 g/mol. The van der Waals surface area contributed by atoms with Crippen molar-refractivity contribution in [2.75, 3.05) is 16.6 Å². The van der Waals surface area contributed by atoms with Crippen LogP contribution in [0.3, 0.4) is 0 Å². The van der Waals surface area contributed by atoms with Gasteiger partial charge >= 0.3 is 0 Å². The summed E-state index contributed by atoms with van der Waals surface area (Å²) in [5.74, 6) is 0.925. The molecule has 22 heavy (non-hydrogen) atoms. The van der Waals surface area contributed by atoms with E-state index < -0.39 is 10.0 Å². The Balaban J connectivity index is 2.17. The van der Waals surface area contributed by atoms with Crippen LogP contribution in [-0.2, 0) is 17.1 Å². The number of sulfonamides is 1. The monoisotopic (exact) mass is 337 g/mol. The van der Waals surface area contributed by atoms with Gasteiger partial charge in [-0.1, -0.05) is 12.1 Å². The lowest BCUT2D eigenvalue weighted by atomic mass is 10.3. The van der Waals surface area contributed by atoms with E-state index >= 15 is 0 Å². The third-order valence-electron chi connectivity index (χ3n) is 3.89. The van der Waals surface area contributed by atoms with Crippen LogP contribution >= 0.6 is 11.8 Å². The van der Waals surface area contributed by atoms with Crippen LogP contribution in [0.5, 0.6) is 0 Å². The molecule has 1 aromatic heterocycles. The Kier molecular flexibility index (Phi) is 3.94. The Bertz CT molecular complexity index is 812. The average molecular weight is 337 g/mol. The molecule has 2 aromatic rings. The Morgan fingerprint density at radius 3 is 2.64 bits per heavy atom. The molecule has 1 aliphatic rings. The number of aromatic nitrogens is 2. The standard InChI is InChI=1S/C15H19N3O2S2/c1-11-15(12(2)17(3)16-11)22(19,20)18-9-6-10-21-14-8-5-4-7-13(14)18/h4-5,7-8H,6,9-10H2,1-3H3. The molecule has 0 unspecified atom stereocenters. The zero-order valence-electron chi connectivity index (χ0n) is 12.9. The average Bonchev–Trinajstić information content (AvgIpc) is 2.66. The molecule has 0 amide bonds. The van der Waals surface area contributed by atoms with Gasteiger partial charge < -0.3 is 0 Å². The summed E-state index contributed by atoms with van der Waals surface area (Å²) >= 11 is 1.71. The zero-order chi connectivity index (χ0) is 15.9. The van der Waals surface area contributed by atoms with Crippen LogP contribution in [0.1, 0.15) is 17.8 Å². The first-order valence-electron chi connectivity index (χ1n) is 7.17. The van der Waals surface area contributed by atoms with E-state index in [1.54, 1.807) is 41.6 Å². The van der Waals surface area contributed by atoms with Gasteiger partial charge in [0.25, 0.3) is 10.0 Å². The Hall–Kier alpha value is -1.47. The van der Waals surface area contributed by atoms with Crippen molar-refractivity contribution >= 4 is 27.5 Å². The van der Waals surface area contributed by atoms with Crippen LogP contribution < -0.4 is 4.31 Å². The summed E-state index contributed by atoms with van der Waals surface area (Å²) in [6, 6.07) is 7.70. The third-order valence-corrected chi connectivity index (χ3v) is 7.10. The SMILES string of the molecule is Cc1nn(C)c(C)c1S(=O)(=O)N1CCCSc2ccccc21. The molecule has 1 aliphatic heterocycles. The maximum Gasteiger partial charge on any atom is 0.268 e. The lowest BCUT2D eigenvalue weighted by molar-refractivity contribution is 0.588. The molecule has 0 saturated heterocycles. The highest BCUT2D eigenvalue weighted by atomic mass is 32.2. The number of para-hydroxylation sites is 1. The van der Waals surface area contributed by atoms with Crippen LogP contribution in [0.25, 0.3) is 0 Å². The summed E-state index contributed by atoms with van der Waals surface area (Å²) in [4.78, 5) is 1.35. The first-order valence-corrected chi connectivity index (χ1v) is 9.60. The third kappa shape index (κ3) is 2.42. The number of benzene rings is 1. The molecule has 5 nitrogen and oxygen atoms in total. The summed E-state index contributed by atoms with van der Waals surface area (Å²) in [7, 11) is -1.83. The van der Waals surface area contributed by atoms with Gasteiger partial charge in [0.15, 0.2) is 0 Å². The Morgan fingerprint density at radius 1 is 1.23 bits per heavy atom. The lowest BCUT2D eigenvalue weighted by Crippen LogP contribution is -2.32. The van der Waals surface area contributed by atoms with Crippen molar-refractivity contribution in [3.05, 3.63) is 35.7 Å². The second-order valence-electron chi connectivity index (χ2n) is 5.37. The number of aryl methyl sites for hydroxylation is 2. The highest BCUT2D eigenvalue weighted by molar-refractivity contribution is 7.99. The van der Waals surface area contributed by atoms with Crippen LogP contribution in [-0.4, -0.2) is 30.5 Å². The molecule has 0 radical (unpaired) electrons. The van der Waals surface area contributed by atoms with Gasteiger partial charge in [-0.05, 0) is 38.2 Å². The van der Waals surface area contributed by atoms with Crippen molar-refractivity contribution in [1.29, 1.82) is 0 Å². The maximum atomic E-state index is 13.2. The molecular formula is C15H19N3O2S2. The minimum atomic E-state index is -3.60. The van der Waals surface area contributed by atoms with Gasteiger partial charge in [-0.3, -0.25) is 8.99 Å². The summed E-state index contributed by atoms with van der Waals surface area (Å²) in [5, 5.41) is 4.26. The van der Waals surface area contributed by atoms with E-state index in [-0.39, 0.29) is 0 Å². The van der Waals surface area contributed by atoms with Crippen LogP contribution in [0.2, 0.25) is 0 Å². The van der Waals surface area contributed by atoms with E-state index in [1.165, 1.54) is 0 Å². The van der Waals surface area contributed by atoms with Crippen LogP contribution in [0.4, 0.5) is 5.69 Å². The lowest BCUT2D eigenvalue weighted by Gasteiger charge is -2.24. The molecule has 0 fully saturated rings. The summed E-state index contributed by atoms with van der Waals surface area (Å²) in [5.41, 5.74) is 1.99. The number of nitrogens with zero attached hydrogens (tertiary/aromatic N) is 3. The van der Waals surface area contributed by atoms with Gasteiger partial charge in [0.1, 0.15) is 4.90 Å². The van der Waals surface area contributed by atoms with Crippen molar-refractivity contribution < 1.29 is 8.42 Å². The summed E-state index contributed by atoms with van der Waals surface area (Å²) < 4.78 is 29.6. The zero-order valence-corrected chi connectivity index (χ0v) is 14.5. The topological polar surface area (TPSA) is 55.2 Å². The van der Waals surface area contributed by atoms with Crippen LogP contribution in [0, 0.1) is 13.8 Å². The predicted molar refractivity (Wildman–Crippen MR) is 89.0 cm³/mol. The van der Waals surface area contributed by atoms with E-state index in [0.717, 1.165) is 22.8 Å². The van der Waals surface area contributed by atoms with Gasteiger partial charge in [-0.15, -0.1) is 11.8 Å². The van der Waals surface area contributed by atoms with Gasteiger partial charge in [-0.25, -0.2) is 8.42 Å². The van der Waals surface area contributed by atoms with Crippen molar-refractivity contribution in [2.24, 2.45) is 7.05 Å². The fourth-order valence-corrected chi connectivity index (χ4v) is 5.76. The first-order chi connectivity index (χ1) is 10.4. The number of rotatable bonds is 2. The van der Waals surface area contributed by atoms with Gasteiger partial charge in [-0.2, -0.15) is 5.10 Å². The molecule has 7 heteroatoms. The van der Waals surface area contributed by atoms with Crippen molar-refractivity contribution in [1.82, 2.24) is 9.78 Å². The quantitative estimate of drug-likeness (QED) is 0.845. The fraction of sp³-hybridized carbons (Fsp3) is 0.400. The van der Waals surface area contributed by atoms with E-state index in [1.807, 2.05) is 24.3 Å². The minimum absolute atomic E-state index is 0.330. The number of thioether (sulfide) groups is 1. The Morgan fingerprint density at radius 2 is 1.95 bits per heavy atom. The molecule has 0 atom stereocenters. The summed E-state index contributed by atoms with van der Waals surface area (Å²) in [6.45, 7) is 4.05. The van der Waals surface area contributed by atoms with E-state index in [9.17, 15) is 8.42 Å². The molecule has 2 heterocycles. The number of hydrogen-bond donors (Lipinski definition) is 0. The van der Waals surface area contributed by atoms with E-state index in [2.05, 4.69) is 5.10 Å². The van der Waals surface area contributed by atoms with Crippen molar-refractivity contribution in [2.45, 2.75) is 30.1 Å². The minimum Gasteiger partial charge on any atom is -0.271 e. The van der Waals surface area contributed by atoms with Gasteiger partial charge in [0.2, 0.25) is 0 Å². The fourth-order valence-electron chi connectivity index (χ4n) is 2.78. The summed E-state index contributed by atoms with van der Waals surface area (Å²) in [6.07, 6.45) is 0.830. The molecule has 3 rings (SSSR count). The second-order valence-corrected chi connectivity index (χ2v) is 8.31. The molecule has 118 valence electrons. The first kappa shape index (κ1) is 15.4. The Labute approximate surface area is 135 Å². The number of anilines is 1. The largest absolute Gasteiger partial charge is 0.271 e. The maximum absolute atomic E-state index is 13.2. The van der Waals surface area contributed by atoms with Crippen molar-refractivity contribution in [3.8, 4) is 0 Å². The molecule has 1 aromatic carbocycles. The smallest absolute Gasteiger partial charge is 0.268 e. The van der Waals surface area contributed by atoms with E-state index in [4.69, 9.17) is 0 Å². The number of fused-ring (bicyclic) bond motifs is 1. The van der Waals surface area contributed by atoms with Crippen LogP contribution in [0.15, 0.2) is 34.1 Å². The normalized spacial score (nSPS) is 15.5. The molecule has 0 saturated carbocycles. The highest BCUT2D eigenvalue weighted by Crippen LogP contribution is 2.37. The number of hydrogen-bond acceptors (Lipinski definition) is 4. The van der Waals surface area contributed by atoms with Gasteiger partial charge in [0, 0.05) is 18.5 Å². The molecule has 0 aliphatic carbocycles. The molecule has 0 N–H and O–H groups in total. The van der Waals surface area contributed by atoms with E-state index in [0.29, 0.717) is 22.8 Å².